The average Bonchev–Trinajstić information content (AvgIpc) is 3.23. The summed E-state index contributed by atoms with van der Waals surface area (Å²) in [6, 6.07) is 6.98. The summed E-state index contributed by atoms with van der Waals surface area (Å²) in [6.07, 6.45) is 1.38. The van der Waals surface area contributed by atoms with Crippen LogP contribution in [0.3, 0.4) is 0 Å². The molecule has 0 radical (unpaired) electrons. The average molecular weight is 401 g/mol. The maximum atomic E-state index is 12.2. The fourth-order valence-electron chi connectivity index (χ4n) is 2.37. The molecule has 0 fully saturated rings. The number of likely N-dealkylation sites (N-methyl/N-ethyl adjacent to an activating group) is 1. The van der Waals surface area contributed by atoms with E-state index in [1.54, 1.807) is 26.0 Å². The molecule has 1 aromatic carbocycles. The second-order valence-corrected chi connectivity index (χ2v) is 6.22. The molecule has 2 aromatic rings. The van der Waals surface area contributed by atoms with Gasteiger partial charge in [-0.1, -0.05) is 6.07 Å². The lowest BCUT2D eigenvalue weighted by Crippen LogP contribution is -2.46. The minimum atomic E-state index is -0.746. The Morgan fingerprint density at radius 3 is 2.59 bits per heavy atom. The van der Waals surface area contributed by atoms with Crippen LogP contribution in [0.5, 0.6) is 0 Å². The van der Waals surface area contributed by atoms with Crippen LogP contribution >= 0.6 is 0 Å². The quantitative estimate of drug-likeness (QED) is 0.577. The molecule has 154 valence electrons. The molecule has 0 spiro atoms. The second-order valence-electron chi connectivity index (χ2n) is 6.22. The molecule has 3 amide bonds. The Bertz CT molecular complexity index is 892. The van der Waals surface area contributed by atoms with Gasteiger partial charge in [-0.2, -0.15) is 0 Å². The third kappa shape index (κ3) is 6.20. The number of aryl methyl sites for hydroxylation is 1. The smallest absolute Gasteiger partial charge is 0.338 e. The van der Waals surface area contributed by atoms with Gasteiger partial charge >= 0.3 is 5.97 Å². The highest BCUT2D eigenvalue weighted by Crippen LogP contribution is 2.19. The third-order valence-electron chi connectivity index (χ3n) is 3.92. The van der Waals surface area contributed by atoms with Gasteiger partial charge in [-0.3, -0.25) is 14.4 Å². The number of nitrogens with one attached hydrogen (secondary N) is 3. The fourth-order valence-corrected chi connectivity index (χ4v) is 2.37. The molecule has 29 heavy (non-hydrogen) atoms. The van der Waals surface area contributed by atoms with E-state index in [-0.39, 0.29) is 17.2 Å². The zero-order chi connectivity index (χ0) is 21.4. The van der Waals surface area contributed by atoms with Crippen molar-refractivity contribution in [3.63, 3.8) is 0 Å². The SMILES string of the molecule is CCNC(=O)[C@H](C)NC(=O)COC(=O)c1ccc(C)c(NC(=O)c2ccco2)c1. The van der Waals surface area contributed by atoms with E-state index >= 15 is 0 Å². The summed E-state index contributed by atoms with van der Waals surface area (Å²) in [5, 5.41) is 7.67. The molecule has 9 nitrogen and oxygen atoms in total. The number of furan rings is 1. The van der Waals surface area contributed by atoms with Crippen molar-refractivity contribution in [1.29, 1.82) is 0 Å². The van der Waals surface area contributed by atoms with Crippen molar-refractivity contribution in [2.24, 2.45) is 0 Å². The highest BCUT2D eigenvalue weighted by Gasteiger charge is 2.17. The van der Waals surface area contributed by atoms with Gasteiger partial charge in [0, 0.05) is 12.2 Å². The van der Waals surface area contributed by atoms with E-state index in [0.717, 1.165) is 5.56 Å². The number of amides is 3. The second kappa shape index (κ2) is 10.1. The number of ether oxygens (including phenoxy) is 1. The first kappa shape index (κ1) is 21.7. The van der Waals surface area contributed by atoms with Gasteiger partial charge < -0.3 is 25.1 Å². The van der Waals surface area contributed by atoms with Crippen molar-refractivity contribution >= 4 is 29.4 Å². The fraction of sp³-hybridized carbons (Fsp3) is 0.300. The van der Waals surface area contributed by atoms with Crippen LogP contribution in [0.2, 0.25) is 0 Å². The van der Waals surface area contributed by atoms with Gasteiger partial charge in [-0.15, -0.1) is 0 Å². The van der Waals surface area contributed by atoms with E-state index in [1.807, 2.05) is 0 Å². The zero-order valence-corrected chi connectivity index (χ0v) is 16.4. The Morgan fingerprint density at radius 1 is 1.17 bits per heavy atom. The van der Waals surface area contributed by atoms with Crippen LogP contribution in [0, 0.1) is 6.92 Å². The summed E-state index contributed by atoms with van der Waals surface area (Å²) < 4.78 is 10.0. The summed E-state index contributed by atoms with van der Waals surface area (Å²) in [4.78, 5) is 47.8. The van der Waals surface area contributed by atoms with E-state index in [0.29, 0.717) is 12.2 Å². The Morgan fingerprint density at radius 2 is 1.93 bits per heavy atom. The highest BCUT2D eigenvalue weighted by atomic mass is 16.5. The van der Waals surface area contributed by atoms with Crippen molar-refractivity contribution in [2.75, 3.05) is 18.5 Å². The zero-order valence-electron chi connectivity index (χ0n) is 16.4. The molecule has 0 unspecified atom stereocenters. The molecule has 9 heteroatoms. The van der Waals surface area contributed by atoms with Crippen LogP contribution in [0.25, 0.3) is 0 Å². The predicted octanol–water partition coefficient (Wildman–Crippen LogP) is 1.64. The van der Waals surface area contributed by atoms with Gasteiger partial charge in [0.1, 0.15) is 6.04 Å². The molecule has 0 saturated heterocycles. The Hall–Kier alpha value is -3.62. The van der Waals surface area contributed by atoms with Gasteiger partial charge in [0.15, 0.2) is 12.4 Å². The van der Waals surface area contributed by atoms with Gasteiger partial charge in [0.25, 0.3) is 11.8 Å². The Balaban J connectivity index is 1.94. The number of esters is 1. The van der Waals surface area contributed by atoms with Crippen molar-refractivity contribution in [1.82, 2.24) is 10.6 Å². The molecule has 1 atom stereocenters. The minimum absolute atomic E-state index is 0.135. The monoisotopic (exact) mass is 401 g/mol. The Labute approximate surface area is 167 Å². The van der Waals surface area contributed by atoms with E-state index in [4.69, 9.17) is 9.15 Å². The summed E-state index contributed by atoms with van der Waals surface area (Å²) in [5.74, 6) is -1.99. The number of carbonyl (C=O) groups excluding carboxylic acids is 4. The number of benzene rings is 1. The maximum absolute atomic E-state index is 12.2. The molecular weight excluding hydrogens is 378 g/mol. The van der Waals surface area contributed by atoms with Crippen LogP contribution in [-0.4, -0.2) is 42.9 Å². The summed E-state index contributed by atoms with van der Waals surface area (Å²) in [5.41, 5.74) is 1.31. The summed E-state index contributed by atoms with van der Waals surface area (Å²) >= 11 is 0. The van der Waals surface area contributed by atoms with Crippen molar-refractivity contribution in [2.45, 2.75) is 26.8 Å². The minimum Gasteiger partial charge on any atom is -0.459 e. The first-order chi connectivity index (χ1) is 13.8. The first-order valence-electron chi connectivity index (χ1n) is 9.01. The molecule has 1 heterocycles. The molecule has 1 aromatic heterocycles. The van der Waals surface area contributed by atoms with E-state index in [1.165, 1.54) is 31.4 Å². The van der Waals surface area contributed by atoms with Crippen LogP contribution in [-0.2, 0) is 14.3 Å². The highest BCUT2D eigenvalue weighted by molar-refractivity contribution is 6.03. The molecular formula is C20H23N3O6. The molecule has 2 rings (SSSR count). The topological polar surface area (TPSA) is 127 Å². The van der Waals surface area contributed by atoms with Gasteiger partial charge in [0.2, 0.25) is 5.91 Å². The Kier molecular flexibility index (Phi) is 7.53. The molecule has 0 bridgehead atoms. The van der Waals surface area contributed by atoms with E-state index in [9.17, 15) is 19.2 Å². The van der Waals surface area contributed by atoms with Crippen molar-refractivity contribution in [3.05, 3.63) is 53.5 Å². The largest absolute Gasteiger partial charge is 0.459 e. The van der Waals surface area contributed by atoms with Gasteiger partial charge in [0.05, 0.1) is 11.8 Å². The molecule has 0 saturated carbocycles. The first-order valence-corrected chi connectivity index (χ1v) is 9.01. The number of rotatable bonds is 8. The van der Waals surface area contributed by atoms with Crippen molar-refractivity contribution < 1.29 is 28.3 Å². The summed E-state index contributed by atoms with van der Waals surface area (Å²) in [7, 11) is 0. The number of carbonyl (C=O) groups is 4. The lowest BCUT2D eigenvalue weighted by Gasteiger charge is -2.13. The normalized spacial score (nSPS) is 11.3. The van der Waals surface area contributed by atoms with Crippen LogP contribution in [0.4, 0.5) is 5.69 Å². The lowest BCUT2D eigenvalue weighted by molar-refractivity contribution is -0.130. The van der Waals surface area contributed by atoms with E-state index in [2.05, 4.69) is 16.0 Å². The van der Waals surface area contributed by atoms with Crippen molar-refractivity contribution in [3.8, 4) is 0 Å². The van der Waals surface area contributed by atoms with Gasteiger partial charge in [-0.25, -0.2) is 4.79 Å². The van der Waals surface area contributed by atoms with Crippen LogP contribution in [0.15, 0.2) is 41.0 Å². The standard InChI is InChI=1S/C20H23N3O6/c1-4-21-18(25)13(3)22-17(24)11-29-20(27)14-8-7-12(2)15(10-14)23-19(26)16-6-5-9-28-16/h5-10,13H,4,11H2,1-3H3,(H,21,25)(H,22,24)(H,23,26)/t13-/m0/s1. The third-order valence-corrected chi connectivity index (χ3v) is 3.92. The van der Waals surface area contributed by atoms with E-state index < -0.39 is 30.4 Å². The molecule has 0 aliphatic heterocycles. The van der Waals surface area contributed by atoms with Gasteiger partial charge in [-0.05, 0) is 50.6 Å². The molecule has 3 N–H and O–H groups in total. The maximum Gasteiger partial charge on any atom is 0.338 e. The number of hydrogen-bond acceptors (Lipinski definition) is 6. The summed E-state index contributed by atoms with van der Waals surface area (Å²) in [6.45, 7) is 4.97. The predicted molar refractivity (Wildman–Crippen MR) is 104 cm³/mol. The van der Waals surface area contributed by atoms with Crippen LogP contribution in [0.1, 0.15) is 40.3 Å². The number of hydrogen-bond donors (Lipinski definition) is 3. The number of anilines is 1. The molecule has 0 aliphatic carbocycles. The lowest BCUT2D eigenvalue weighted by atomic mass is 10.1. The van der Waals surface area contributed by atoms with Crippen LogP contribution < -0.4 is 16.0 Å². The molecule has 0 aliphatic rings.